The molecule has 1 fully saturated rings. The van der Waals surface area contributed by atoms with Gasteiger partial charge in [0.15, 0.2) is 5.11 Å². The number of halogens is 1. The van der Waals surface area contributed by atoms with Crippen LogP contribution in [-0.4, -0.2) is 14.7 Å². The zero-order chi connectivity index (χ0) is 19.9. The van der Waals surface area contributed by atoms with Gasteiger partial charge in [-0.3, -0.25) is 4.98 Å². The molecule has 28 heavy (non-hydrogen) atoms. The number of benzene rings is 1. The lowest BCUT2D eigenvalue weighted by molar-refractivity contribution is 0.397. The summed E-state index contributed by atoms with van der Waals surface area (Å²) in [6.07, 6.45) is 6.16. The van der Waals surface area contributed by atoms with Crippen molar-refractivity contribution in [2.24, 2.45) is 0 Å². The molecule has 2 atom stereocenters. The first-order valence-electron chi connectivity index (χ1n) is 9.29. The van der Waals surface area contributed by atoms with E-state index in [0.717, 1.165) is 11.4 Å². The van der Waals surface area contributed by atoms with Crippen molar-refractivity contribution in [2.75, 3.05) is 4.90 Å². The number of hydrogen-bond acceptors (Lipinski definition) is 2. The van der Waals surface area contributed by atoms with Crippen LogP contribution in [0, 0.1) is 0 Å². The third-order valence-electron chi connectivity index (χ3n) is 5.03. The fourth-order valence-electron chi connectivity index (χ4n) is 3.58. The maximum Gasteiger partial charge on any atom is 0.174 e. The van der Waals surface area contributed by atoms with E-state index in [-0.39, 0.29) is 17.6 Å². The number of nitrogens with one attached hydrogen (secondary N) is 1. The number of aromatic nitrogens is 2. The molecule has 2 aromatic heterocycles. The molecule has 1 aromatic carbocycles. The van der Waals surface area contributed by atoms with Crippen LogP contribution in [0.15, 0.2) is 67.1 Å². The summed E-state index contributed by atoms with van der Waals surface area (Å²) in [6, 6.07) is 15.9. The van der Waals surface area contributed by atoms with Crippen LogP contribution in [0.5, 0.6) is 0 Å². The van der Waals surface area contributed by atoms with Crippen molar-refractivity contribution in [1.82, 2.24) is 14.9 Å². The minimum absolute atomic E-state index is 0.00724. The Morgan fingerprint density at radius 1 is 1.07 bits per heavy atom. The largest absolute Gasteiger partial charge is 0.351 e. The first-order chi connectivity index (χ1) is 13.3. The second-order valence-electron chi connectivity index (χ2n) is 8.00. The van der Waals surface area contributed by atoms with Gasteiger partial charge in [-0.05, 0) is 81.0 Å². The van der Waals surface area contributed by atoms with E-state index in [1.165, 1.54) is 5.56 Å². The second kappa shape index (κ2) is 7.22. The van der Waals surface area contributed by atoms with E-state index in [9.17, 15) is 0 Å². The Morgan fingerprint density at radius 2 is 1.82 bits per heavy atom. The second-order valence-corrected chi connectivity index (χ2v) is 8.82. The summed E-state index contributed by atoms with van der Waals surface area (Å²) in [7, 11) is 0. The molecule has 3 heterocycles. The lowest BCUT2D eigenvalue weighted by atomic mass is 9.98. The zero-order valence-electron chi connectivity index (χ0n) is 16.1. The Hall–Kier alpha value is -2.37. The molecule has 1 N–H and O–H groups in total. The fraction of sp³-hybridized carbons (Fsp3) is 0.273. The average Bonchev–Trinajstić information content (AvgIpc) is 3.28. The van der Waals surface area contributed by atoms with Crippen molar-refractivity contribution in [3.8, 4) is 0 Å². The molecule has 0 bridgehead atoms. The quantitative estimate of drug-likeness (QED) is 0.580. The van der Waals surface area contributed by atoms with Crippen LogP contribution in [0.3, 0.4) is 0 Å². The molecule has 4 nitrogen and oxygen atoms in total. The summed E-state index contributed by atoms with van der Waals surface area (Å²) < 4.78 is 2.24. The van der Waals surface area contributed by atoms with Crippen molar-refractivity contribution in [2.45, 2.75) is 38.4 Å². The van der Waals surface area contributed by atoms with Crippen LogP contribution in [0.2, 0.25) is 5.02 Å². The van der Waals surface area contributed by atoms with E-state index >= 15 is 0 Å². The van der Waals surface area contributed by atoms with Gasteiger partial charge in [-0.15, -0.1) is 0 Å². The van der Waals surface area contributed by atoms with Crippen LogP contribution in [0.4, 0.5) is 5.69 Å². The minimum atomic E-state index is -0.0415. The van der Waals surface area contributed by atoms with E-state index in [1.54, 1.807) is 0 Å². The van der Waals surface area contributed by atoms with Gasteiger partial charge in [0.25, 0.3) is 0 Å². The Labute approximate surface area is 176 Å². The predicted molar refractivity (Wildman–Crippen MR) is 119 cm³/mol. The van der Waals surface area contributed by atoms with E-state index < -0.39 is 0 Å². The Morgan fingerprint density at radius 3 is 2.43 bits per heavy atom. The molecule has 0 aliphatic carbocycles. The van der Waals surface area contributed by atoms with Crippen molar-refractivity contribution in [1.29, 1.82) is 0 Å². The number of pyridine rings is 1. The average molecular weight is 411 g/mol. The number of thiocarbonyl (C=S) groups is 1. The molecule has 6 heteroatoms. The van der Waals surface area contributed by atoms with Gasteiger partial charge in [0.2, 0.25) is 0 Å². The van der Waals surface area contributed by atoms with Crippen molar-refractivity contribution in [3.63, 3.8) is 0 Å². The third-order valence-corrected chi connectivity index (χ3v) is 5.60. The highest BCUT2D eigenvalue weighted by Gasteiger charge is 2.41. The van der Waals surface area contributed by atoms with Crippen LogP contribution >= 0.6 is 23.8 Å². The predicted octanol–water partition coefficient (Wildman–Crippen LogP) is 5.47. The van der Waals surface area contributed by atoms with E-state index in [1.807, 2.05) is 48.7 Å². The number of rotatable bonds is 3. The standard InChI is InChI=1S/C22H23ClN4S/c1-22(2,3)26-13-11-15(14-26)20-19(18-6-4-5-12-24-18)25-21(28)27(20)17-9-7-16(23)8-10-17/h4-14,19-20H,1-3H3,(H,25,28). The molecule has 2 unspecified atom stereocenters. The molecule has 144 valence electrons. The van der Waals surface area contributed by atoms with Crippen LogP contribution < -0.4 is 10.2 Å². The zero-order valence-corrected chi connectivity index (χ0v) is 17.7. The first-order valence-corrected chi connectivity index (χ1v) is 10.1. The summed E-state index contributed by atoms with van der Waals surface area (Å²) in [6.45, 7) is 6.59. The van der Waals surface area contributed by atoms with Crippen molar-refractivity contribution < 1.29 is 0 Å². The van der Waals surface area contributed by atoms with Gasteiger partial charge in [0.1, 0.15) is 0 Å². The molecule has 4 rings (SSSR count). The summed E-state index contributed by atoms with van der Waals surface area (Å²) in [5, 5.41) is 4.88. The number of nitrogens with zero attached hydrogens (tertiary/aromatic N) is 3. The van der Waals surface area contributed by atoms with Crippen LogP contribution in [0.25, 0.3) is 0 Å². The highest BCUT2D eigenvalue weighted by molar-refractivity contribution is 7.80. The molecule has 0 spiro atoms. The summed E-state index contributed by atoms with van der Waals surface area (Å²) in [5.74, 6) is 0. The third kappa shape index (κ3) is 3.52. The van der Waals surface area contributed by atoms with Gasteiger partial charge in [-0.25, -0.2) is 0 Å². The molecule has 0 radical (unpaired) electrons. The van der Waals surface area contributed by atoms with Gasteiger partial charge >= 0.3 is 0 Å². The molecule has 0 amide bonds. The van der Waals surface area contributed by atoms with Gasteiger partial charge in [-0.1, -0.05) is 17.7 Å². The van der Waals surface area contributed by atoms with Crippen molar-refractivity contribution >= 4 is 34.6 Å². The normalized spacial score (nSPS) is 19.7. The summed E-state index contributed by atoms with van der Waals surface area (Å²) >= 11 is 11.8. The number of hydrogen-bond donors (Lipinski definition) is 1. The Bertz CT molecular complexity index is 976. The molecule has 1 aliphatic rings. The topological polar surface area (TPSA) is 33.1 Å². The van der Waals surface area contributed by atoms with Crippen LogP contribution in [0.1, 0.15) is 44.1 Å². The summed E-state index contributed by atoms with van der Waals surface area (Å²) in [5.41, 5.74) is 3.17. The number of anilines is 1. The molecule has 3 aromatic rings. The maximum atomic E-state index is 6.11. The SMILES string of the molecule is CC(C)(C)n1ccc(C2C(c3ccccn3)NC(=S)N2c2ccc(Cl)cc2)c1. The molecule has 1 saturated heterocycles. The van der Waals surface area contributed by atoms with E-state index in [0.29, 0.717) is 10.1 Å². The fourth-order valence-corrected chi connectivity index (χ4v) is 4.05. The monoisotopic (exact) mass is 410 g/mol. The maximum absolute atomic E-state index is 6.11. The van der Waals surface area contributed by atoms with Crippen molar-refractivity contribution in [3.05, 3.63) is 83.4 Å². The van der Waals surface area contributed by atoms with E-state index in [2.05, 4.69) is 59.0 Å². The van der Waals surface area contributed by atoms with Gasteiger partial charge < -0.3 is 14.8 Å². The Kier molecular flexibility index (Phi) is 4.89. The smallest absolute Gasteiger partial charge is 0.174 e. The van der Waals surface area contributed by atoms with Gasteiger partial charge in [0.05, 0.1) is 17.8 Å². The molecular formula is C22H23ClN4S. The lowest BCUT2D eigenvalue weighted by Crippen LogP contribution is -2.29. The molecule has 0 saturated carbocycles. The highest BCUT2D eigenvalue weighted by Crippen LogP contribution is 2.42. The molecular weight excluding hydrogens is 388 g/mol. The van der Waals surface area contributed by atoms with Gasteiger partial charge in [-0.2, -0.15) is 0 Å². The molecule has 1 aliphatic heterocycles. The van der Waals surface area contributed by atoms with Crippen LogP contribution in [-0.2, 0) is 5.54 Å². The minimum Gasteiger partial charge on any atom is -0.351 e. The summed E-state index contributed by atoms with van der Waals surface area (Å²) in [4.78, 5) is 6.75. The van der Waals surface area contributed by atoms with E-state index in [4.69, 9.17) is 23.8 Å². The first kappa shape index (κ1) is 19.0. The highest BCUT2D eigenvalue weighted by atomic mass is 35.5. The Balaban J connectivity index is 1.81. The van der Waals surface area contributed by atoms with Gasteiger partial charge in [0, 0.05) is 34.8 Å². The lowest BCUT2D eigenvalue weighted by Gasteiger charge is -2.28.